The first kappa shape index (κ1) is 12.1. The van der Waals surface area contributed by atoms with E-state index in [0.717, 1.165) is 24.8 Å². The minimum atomic E-state index is -0.792. The highest BCUT2D eigenvalue weighted by Gasteiger charge is 2.37. The fraction of sp³-hybridized carbons (Fsp3) is 0.615. The third-order valence-corrected chi connectivity index (χ3v) is 4.92. The fourth-order valence-electron chi connectivity index (χ4n) is 2.91. The molecular formula is C13H17NO3S. The van der Waals surface area contributed by atoms with Gasteiger partial charge in [0, 0.05) is 18.0 Å². The zero-order chi connectivity index (χ0) is 12.7. The van der Waals surface area contributed by atoms with Crippen molar-refractivity contribution in [2.75, 3.05) is 13.1 Å². The van der Waals surface area contributed by atoms with Crippen molar-refractivity contribution in [3.8, 4) is 0 Å². The summed E-state index contributed by atoms with van der Waals surface area (Å²) in [5, 5.41) is 21.1. The monoisotopic (exact) mass is 267 g/mol. The molecule has 0 radical (unpaired) electrons. The summed E-state index contributed by atoms with van der Waals surface area (Å²) in [6.07, 6.45) is 1.41. The Hall–Kier alpha value is -0.910. The van der Waals surface area contributed by atoms with Gasteiger partial charge in [0.05, 0.1) is 18.1 Å². The predicted octanol–water partition coefficient (Wildman–Crippen LogP) is 0.732. The number of aliphatic hydroxyl groups excluding tert-OH is 2. The second-order valence-corrected chi connectivity index (χ2v) is 6.12. The molecule has 1 aromatic heterocycles. The van der Waals surface area contributed by atoms with Gasteiger partial charge in [-0.1, -0.05) is 0 Å². The second-order valence-electron chi connectivity index (χ2n) is 5.12. The molecule has 1 aliphatic heterocycles. The molecule has 1 saturated heterocycles. The molecule has 5 heteroatoms. The van der Waals surface area contributed by atoms with E-state index in [9.17, 15) is 15.0 Å². The van der Waals surface area contributed by atoms with E-state index in [-0.39, 0.29) is 24.9 Å². The van der Waals surface area contributed by atoms with Crippen LogP contribution in [0, 0.1) is 0 Å². The summed E-state index contributed by atoms with van der Waals surface area (Å²) < 4.78 is 0. The summed E-state index contributed by atoms with van der Waals surface area (Å²) in [7, 11) is 0. The average Bonchev–Trinajstić information content (AvgIpc) is 2.95. The van der Waals surface area contributed by atoms with E-state index < -0.39 is 12.2 Å². The molecule has 1 aliphatic carbocycles. The molecule has 3 rings (SSSR count). The summed E-state index contributed by atoms with van der Waals surface area (Å²) in [4.78, 5) is 15.4. The third-order valence-electron chi connectivity index (χ3n) is 3.92. The van der Waals surface area contributed by atoms with E-state index in [4.69, 9.17) is 0 Å². The van der Waals surface area contributed by atoms with Gasteiger partial charge in [-0.15, -0.1) is 11.3 Å². The SMILES string of the molecule is O=C(C1CCCc2sccc21)N1C[C@@H](O)[C@@H](O)C1. The molecule has 4 nitrogen and oxygen atoms in total. The van der Waals surface area contributed by atoms with Gasteiger partial charge in [0.15, 0.2) is 0 Å². The summed E-state index contributed by atoms with van der Waals surface area (Å²) in [6.45, 7) is 0.520. The van der Waals surface area contributed by atoms with Crippen molar-refractivity contribution in [2.45, 2.75) is 37.4 Å². The first-order valence-electron chi connectivity index (χ1n) is 6.38. The number of likely N-dealkylation sites (tertiary alicyclic amines) is 1. The first-order valence-corrected chi connectivity index (χ1v) is 7.26. The molecule has 1 aromatic rings. The van der Waals surface area contributed by atoms with Crippen LogP contribution >= 0.6 is 11.3 Å². The van der Waals surface area contributed by atoms with Crippen LogP contribution in [0.1, 0.15) is 29.2 Å². The predicted molar refractivity (Wildman–Crippen MR) is 68.6 cm³/mol. The topological polar surface area (TPSA) is 60.8 Å². The van der Waals surface area contributed by atoms with Gasteiger partial charge < -0.3 is 15.1 Å². The number of carbonyl (C=O) groups is 1. The standard InChI is InChI=1S/C13H17NO3S/c15-10-6-14(7-11(10)16)13(17)9-2-1-3-12-8(9)4-5-18-12/h4-5,9-11,15-16H,1-3,6-7H2/t9?,10-,11+. The number of carbonyl (C=O) groups excluding carboxylic acids is 1. The second kappa shape index (κ2) is 4.64. The van der Waals surface area contributed by atoms with Gasteiger partial charge in [-0.05, 0) is 36.3 Å². The average molecular weight is 267 g/mol. The van der Waals surface area contributed by atoms with Crippen LogP contribution in [-0.2, 0) is 11.2 Å². The van der Waals surface area contributed by atoms with Crippen LogP contribution in [0.3, 0.4) is 0 Å². The first-order chi connectivity index (χ1) is 8.66. The molecule has 0 spiro atoms. The van der Waals surface area contributed by atoms with Gasteiger partial charge in [0.2, 0.25) is 5.91 Å². The highest BCUT2D eigenvalue weighted by molar-refractivity contribution is 7.10. The quantitative estimate of drug-likeness (QED) is 0.788. The number of hydrogen-bond donors (Lipinski definition) is 2. The number of aryl methyl sites for hydroxylation is 1. The van der Waals surface area contributed by atoms with E-state index in [1.807, 2.05) is 11.4 Å². The minimum absolute atomic E-state index is 0.0601. The minimum Gasteiger partial charge on any atom is -0.388 e. The lowest BCUT2D eigenvalue weighted by molar-refractivity contribution is -0.132. The molecule has 98 valence electrons. The Morgan fingerprint density at radius 2 is 2.06 bits per heavy atom. The van der Waals surface area contributed by atoms with Crippen LogP contribution in [0.5, 0.6) is 0 Å². The number of thiophene rings is 1. The van der Waals surface area contributed by atoms with Crippen molar-refractivity contribution in [3.63, 3.8) is 0 Å². The van der Waals surface area contributed by atoms with Crippen molar-refractivity contribution >= 4 is 17.2 Å². The van der Waals surface area contributed by atoms with Gasteiger partial charge in [0.25, 0.3) is 0 Å². The summed E-state index contributed by atoms with van der Waals surface area (Å²) in [6, 6.07) is 2.05. The molecular weight excluding hydrogens is 250 g/mol. The lowest BCUT2D eigenvalue weighted by atomic mass is 9.87. The van der Waals surface area contributed by atoms with E-state index in [1.165, 1.54) is 4.88 Å². The summed E-state index contributed by atoms with van der Waals surface area (Å²) in [5.41, 5.74) is 1.16. The molecule has 0 bridgehead atoms. The molecule has 1 unspecified atom stereocenters. The third kappa shape index (κ3) is 1.96. The van der Waals surface area contributed by atoms with Crippen LogP contribution in [0.15, 0.2) is 11.4 Å². The Bertz CT molecular complexity index is 449. The maximum absolute atomic E-state index is 12.5. The largest absolute Gasteiger partial charge is 0.388 e. The zero-order valence-electron chi connectivity index (χ0n) is 10.1. The van der Waals surface area contributed by atoms with Crippen molar-refractivity contribution in [1.82, 2.24) is 4.90 Å². The molecule has 0 saturated carbocycles. The van der Waals surface area contributed by atoms with Gasteiger partial charge in [-0.25, -0.2) is 0 Å². The number of aliphatic hydroxyl groups is 2. The highest BCUT2D eigenvalue weighted by atomic mass is 32.1. The maximum atomic E-state index is 12.5. The van der Waals surface area contributed by atoms with Gasteiger partial charge >= 0.3 is 0 Å². The van der Waals surface area contributed by atoms with Crippen LogP contribution in [0.25, 0.3) is 0 Å². The molecule has 1 amide bonds. The van der Waals surface area contributed by atoms with Gasteiger partial charge in [-0.2, -0.15) is 0 Å². The Labute approximate surface area is 110 Å². The number of nitrogens with zero attached hydrogens (tertiary/aromatic N) is 1. The Balaban J connectivity index is 1.79. The van der Waals surface area contributed by atoms with E-state index in [0.29, 0.717) is 0 Å². The van der Waals surface area contributed by atoms with Crippen LogP contribution in [-0.4, -0.2) is 46.3 Å². The Morgan fingerprint density at radius 1 is 1.33 bits per heavy atom. The number of hydrogen-bond acceptors (Lipinski definition) is 4. The lowest BCUT2D eigenvalue weighted by Crippen LogP contribution is -2.35. The van der Waals surface area contributed by atoms with Gasteiger partial charge in [0.1, 0.15) is 0 Å². The molecule has 2 aliphatic rings. The Kier molecular flexibility index (Phi) is 3.13. The van der Waals surface area contributed by atoms with Crippen molar-refractivity contribution in [3.05, 3.63) is 21.9 Å². The van der Waals surface area contributed by atoms with E-state index >= 15 is 0 Å². The number of rotatable bonds is 1. The Morgan fingerprint density at radius 3 is 2.78 bits per heavy atom. The van der Waals surface area contributed by atoms with Crippen molar-refractivity contribution in [1.29, 1.82) is 0 Å². The van der Waals surface area contributed by atoms with Crippen LogP contribution < -0.4 is 0 Å². The fourth-order valence-corrected chi connectivity index (χ4v) is 3.90. The van der Waals surface area contributed by atoms with Crippen LogP contribution in [0.2, 0.25) is 0 Å². The molecule has 1 fully saturated rings. The molecule has 18 heavy (non-hydrogen) atoms. The van der Waals surface area contributed by atoms with Crippen molar-refractivity contribution < 1.29 is 15.0 Å². The molecule has 3 atom stereocenters. The van der Waals surface area contributed by atoms with Gasteiger partial charge in [-0.3, -0.25) is 4.79 Å². The normalized spacial score (nSPS) is 31.4. The van der Waals surface area contributed by atoms with Crippen molar-refractivity contribution in [2.24, 2.45) is 0 Å². The van der Waals surface area contributed by atoms with E-state index in [1.54, 1.807) is 16.2 Å². The van der Waals surface area contributed by atoms with Crippen LogP contribution in [0.4, 0.5) is 0 Å². The molecule has 0 aromatic carbocycles. The molecule has 2 heterocycles. The number of fused-ring (bicyclic) bond motifs is 1. The summed E-state index contributed by atoms with van der Waals surface area (Å²) in [5.74, 6) is -0.0116. The van der Waals surface area contributed by atoms with E-state index in [2.05, 4.69) is 0 Å². The lowest BCUT2D eigenvalue weighted by Gasteiger charge is -2.26. The highest BCUT2D eigenvalue weighted by Crippen LogP contribution is 2.36. The summed E-state index contributed by atoms with van der Waals surface area (Å²) >= 11 is 1.72. The molecule has 2 N–H and O–H groups in total. The smallest absolute Gasteiger partial charge is 0.230 e. The zero-order valence-corrected chi connectivity index (χ0v) is 10.9. The number of β-amino-alcohol motifs (C(OH)–C–C–N with tert-alkyl or cyclic N) is 2. The maximum Gasteiger partial charge on any atom is 0.230 e. The number of amides is 1.